The van der Waals surface area contributed by atoms with Crippen molar-refractivity contribution >= 4 is 6.09 Å². The number of piperidine rings is 1. The molecule has 116 valence electrons. The van der Waals surface area contributed by atoms with E-state index in [1.54, 1.807) is 12.0 Å². The summed E-state index contributed by atoms with van der Waals surface area (Å²) in [5.74, 6) is 0.854. The van der Waals surface area contributed by atoms with Crippen molar-refractivity contribution in [1.29, 1.82) is 0 Å². The number of nitrogens with zero attached hydrogens (tertiary/aromatic N) is 3. The molecule has 1 aromatic rings. The van der Waals surface area contributed by atoms with Crippen molar-refractivity contribution in [1.82, 2.24) is 15.1 Å². The van der Waals surface area contributed by atoms with E-state index in [4.69, 9.17) is 9.47 Å². The van der Waals surface area contributed by atoms with Crippen LogP contribution in [-0.4, -0.2) is 47.0 Å². The second-order valence-electron chi connectivity index (χ2n) is 6.24. The number of likely N-dealkylation sites (tertiary alicyclic amines) is 1. The van der Waals surface area contributed by atoms with Gasteiger partial charge in [-0.15, -0.1) is 5.10 Å². The quantitative estimate of drug-likeness (QED) is 0.838. The third-order valence-electron chi connectivity index (χ3n) is 3.43. The van der Waals surface area contributed by atoms with E-state index in [1.807, 2.05) is 32.9 Å². The van der Waals surface area contributed by atoms with Crippen LogP contribution in [-0.2, 0) is 4.74 Å². The van der Waals surface area contributed by atoms with Crippen molar-refractivity contribution in [3.8, 4) is 5.88 Å². The molecule has 1 fully saturated rings. The Balaban J connectivity index is 1.89. The average molecular weight is 293 g/mol. The van der Waals surface area contributed by atoms with Gasteiger partial charge in [0.1, 0.15) is 5.60 Å². The van der Waals surface area contributed by atoms with E-state index in [9.17, 15) is 4.79 Å². The van der Waals surface area contributed by atoms with E-state index in [2.05, 4.69) is 10.2 Å². The van der Waals surface area contributed by atoms with Gasteiger partial charge >= 0.3 is 6.09 Å². The average Bonchev–Trinajstić information content (AvgIpc) is 2.46. The zero-order chi connectivity index (χ0) is 15.5. The van der Waals surface area contributed by atoms with Gasteiger partial charge in [0.15, 0.2) is 0 Å². The van der Waals surface area contributed by atoms with Gasteiger partial charge in [-0.2, -0.15) is 5.10 Å². The Labute approximate surface area is 125 Å². The Morgan fingerprint density at radius 3 is 2.38 bits per heavy atom. The summed E-state index contributed by atoms with van der Waals surface area (Å²) in [6.07, 6.45) is 1.52. The number of hydrogen-bond donors (Lipinski definition) is 0. The first-order chi connectivity index (χ1) is 9.89. The minimum atomic E-state index is -0.449. The molecule has 6 nitrogen and oxygen atoms in total. The first kappa shape index (κ1) is 15.5. The van der Waals surface area contributed by atoms with Gasteiger partial charge < -0.3 is 14.4 Å². The van der Waals surface area contributed by atoms with Gasteiger partial charge in [-0.25, -0.2) is 4.79 Å². The van der Waals surface area contributed by atoms with Gasteiger partial charge in [-0.1, -0.05) is 0 Å². The van der Waals surface area contributed by atoms with Crippen molar-refractivity contribution in [2.45, 2.75) is 45.1 Å². The molecule has 0 unspecified atom stereocenters. The number of aromatic nitrogens is 2. The molecule has 0 aliphatic carbocycles. The van der Waals surface area contributed by atoms with Crippen LogP contribution in [0.5, 0.6) is 5.88 Å². The molecule has 2 heterocycles. The lowest BCUT2D eigenvalue weighted by Gasteiger charge is -2.33. The molecule has 21 heavy (non-hydrogen) atoms. The molecule has 1 aromatic heterocycles. The number of carbonyl (C=O) groups is 1. The van der Waals surface area contributed by atoms with Crippen molar-refractivity contribution in [2.75, 3.05) is 20.2 Å². The van der Waals surface area contributed by atoms with Crippen LogP contribution < -0.4 is 4.74 Å². The van der Waals surface area contributed by atoms with Gasteiger partial charge in [0.05, 0.1) is 12.8 Å². The standard InChI is InChI=1S/C15H23N3O3/c1-15(2,3)21-14(19)18-9-7-11(8-10-18)12-5-6-13(20-4)17-16-12/h5-6,11H,7-10H2,1-4H3. The minimum Gasteiger partial charge on any atom is -0.480 e. The summed E-state index contributed by atoms with van der Waals surface area (Å²) in [5.41, 5.74) is 0.509. The van der Waals surface area contributed by atoms with E-state index in [1.165, 1.54) is 0 Å². The van der Waals surface area contributed by atoms with E-state index in [0.717, 1.165) is 18.5 Å². The monoisotopic (exact) mass is 293 g/mol. The van der Waals surface area contributed by atoms with Gasteiger partial charge in [0.2, 0.25) is 5.88 Å². The highest BCUT2D eigenvalue weighted by molar-refractivity contribution is 5.68. The van der Waals surface area contributed by atoms with Crippen LogP contribution in [0.15, 0.2) is 12.1 Å². The molecule has 0 spiro atoms. The normalized spacial score (nSPS) is 16.7. The van der Waals surface area contributed by atoms with E-state index in [-0.39, 0.29) is 6.09 Å². The lowest BCUT2D eigenvalue weighted by molar-refractivity contribution is 0.0204. The van der Waals surface area contributed by atoms with Crippen molar-refractivity contribution < 1.29 is 14.3 Å². The second-order valence-corrected chi connectivity index (χ2v) is 6.24. The lowest BCUT2D eigenvalue weighted by atomic mass is 9.93. The number of carbonyl (C=O) groups excluding carboxylic acids is 1. The number of ether oxygens (including phenoxy) is 2. The van der Waals surface area contributed by atoms with Gasteiger partial charge in [-0.05, 0) is 39.7 Å². The third kappa shape index (κ3) is 4.31. The molecular formula is C15H23N3O3. The smallest absolute Gasteiger partial charge is 0.410 e. The maximum atomic E-state index is 12.0. The highest BCUT2D eigenvalue weighted by Gasteiger charge is 2.28. The fourth-order valence-electron chi connectivity index (χ4n) is 2.34. The molecule has 2 rings (SSSR count). The zero-order valence-corrected chi connectivity index (χ0v) is 13.1. The first-order valence-electron chi connectivity index (χ1n) is 7.24. The Morgan fingerprint density at radius 1 is 1.24 bits per heavy atom. The largest absolute Gasteiger partial charge is 0.480 e. The fourth-order valence-corrected chi connectivity index (χ4v) is 2.34. The van der Waals surface area contributed by atoms with Gasteiger partial charge in [0, 0.05) is 25.1 Å². The maximum absolute atomic E-state index is 12.0. The van der Waals surface area contributed by atoms with Crippen molar-refractivity contribution in [3.05, 3.63) is 17.8 Å². The molecule has 0 saturated carbocycles. The summed E-state index contributed by atoms with van der Waals surface area (Å²) < 4.78 is 10.4. The molecule has 0 aromatic carbocycles. The minimum absolute atomic E-state index is 0.234. The topological polar surface area (TPSA) is 64.5 Å². The summed E-state index contributed by atoms with van der Waals surface area (Å²) >= 11 is 0. The molecule has 0 bridgehead atoms. The van der Waals surface area contributed by atoms with Crippen LogP contribution in [0.1, 0.15) is 45.2 Å². The number of amides is 1. The van der Waals surface area contributed by atoms with Crippen molar-refractivity contribution in [3.63, 3.8) is 0 Å². The molecular weight excluding hydrogens is 270 g/mol. The number of hydrogen-bond acceptors (Lipinski definition) is 5. The molecule has 1 amide bonds. The molecule has 1 aliphatic rings. The van der Waals surface area contributed by atoms with Crippen LogP contribution in [0.2, 0.25) is 0 Å². The third-order valence-corrected chi connectivity index (χ3v) is 3.43. The predicted octanol–water partition coefficient (Wildman–Crippen LogP) is 2.60. The SMILES string of the molecule is COc1ccc(C2CCN(C(=O)OC(C)(C)C)CC2)nn1. The summed E-state index contributed by atoms with van der Waals surface area (Å²) in [6, 6.07) is 3.77. The predicted molar refractivity (Wildman–Crippen MR) is 78.4 cm³/mol. The molecule has 0 N–H and O–H groups in total. The maximum Gasteiger partial charge on any atom is 0.410 e. The van der Waals surface area contributed by atoms with E-state index < -0.39 is 5.60 Å². The van der Waals surface area contributed by atoms with Crippen LogP contribution in [0.3, 0.4) is 0 Å². The molecule has 0 radical (unpaired) electrons. The highest BCUT2D eigenvalue weighted by Crippen LogP contribution is 2.27. The summed E-state index contributed by atoms with van der Waals surface area (Å²) in [5, 5.41) is 8.19. The Hall–Kier alpha value is -1.85. The van der Waals surface area contributed by atoms with Gasteiger partial charge in [0.25, 0.3) is 0 Å². The number of rotatable bonds is 2. The molecule has 6 heteroatoms. The van der Waals surface area contributed by atoms with E-state index >= 15 is 0 Å². The van der Waals surface area contributed by atoms with Gasteiger partial charge in [-0.3, -0.25) is 0 Å². The number of methoxy groups -OCH3 is 1. The van der Waals surface area contributed by atoms with Crippen LogP contribution in [0.4, 0.5) is 4.79 Å². The molecule has 0 atom stereocenters. The van der Waals surface area contributed by atoms with E-state index in [0.29, 0.717) is 24.9 Å². The summed E-state index contributed by atoms with van der Waals surface area (Å²) in [7, 11) is 1.57. The zero-order valence-electron chi connectivity index (χ0n) is 13.1. The summed E-state index contributed by atoms with van der Waals surface area (Å²) in [4.78, 5) is 13.8. The fraction of sp³-hybridized carbons (Fsp3) is 0.667. The Kier molecular flexibility index (Phi) is 4.65. The second kappa shape index (κ2) is 6.28. The molecule has 1 saturated heterocycles. The first-order valence-corrected chi connectivity index (χ1v) is 7.24. The van der Waals surface area contributed by atoms with Crippen LogP contribution in [0.25, 0.3) is 0 Å². The van der Waals surface area contributed by atoms with Crippen molar-refractivity contribution in [2.24, 2.45) is 0 Å². The van der Waals surface area contributed by atoms with Crippen LogP contribution in [0, 0.1) is 0 Å². The van der Waals surface area contributed by atoms with Crippen LogP contribution >= 0.6 is 0 Å². The summed E-state index contributed by atoms with van der Waals surface area (Å²) in [6.45, 7) is 7.01. The Morgan fingerprint density at radius 2 is 1.90 bits per heavy atom. The molecule has 1 aliphatic heterocycles. The lowest BCUT2D eigenvalue weighted by Crippen LogP contribution is -2.41. The Bertz CT molecular complexity index is 474. The highest BCUT2D eigenvalue weighted by atomic mass is 16.6.